The van der Waals surface area contributed by atoms with Crippen LogP contribution in [0.2, 0.25) is 0 Å². The maximum absolute atomic E-state index is 13.5. The number of furan rings is 1. The molecule has 3 aromatic rings. The van der Waals surface area contributed by atoms with E-state index in [0.29, 0.717) is 38.7 Å². The number of esters is 2. The molecule has 182 valence electrons. The summed E-state index contributed by atoms with van der Waals surface area (Å²) in [4.78, 5) is 43.1. The Bertz CT molecular complexity index is 1480. The molecule has 0 aliphatic carbocycles. The third-order valence-corrected chi connectivity index (χ3v) is 6.15. The van der Waals surface area contributed by atoms with E-state index in [9.17, 15) is 14.4 Å². The number of allylic oxidation sites excluding steroid dienone is 1. The number of nitrogens with zero attached hydrogens (tertiary/aromatic N) is 2. The number of thiazole rings is 1. The smallest absolute Gasteiger partial charge is 0.338 e. The van der Waals surface area contributed by atoms with Crippen molar-refractivity contribution >= 4 is 29.4 Å². The molecule has 9 nitrogen and oxygen atoms in total. The minimum absolute atomic E-state index is 0.167. The van der Waals surface area contributed by atoms with E-state index in [1.165, 1.54) is 29.1 Å². The SMILES string of the molecule is CCOC(=O)C1=C(C)N=c2sc(=Cc3ccco3)c(=O)n2[C@H]1c1ccc(OC(C)=O)c(OCC)c1. The Morgan fingerprint density at radius 1 is 1.20 bits per heavy atom. The lowest BCUT2D eigenvalue weighted by Crippen LogP contribution is -2.40. The first-order valence-electron chi connectivity index (χ1n) is 11.0. The minimum Gasteiger partial charge on any atom is -0.490 e. The Kier molecular flexibility index (Phi) is 7.02. The monoisotopic (exact) mass is 496 g/mol. The molecule has 35 heavy (non-hydrogen) atoms. The molecule has 0 bridgehead atoms. The summed E-state index contributed by atoms with van der Waals surface area (Å²) in [5.74, 6) is 0.0219. The molecule has 2 aromatic heterocycles. The van der Waals surface area contributed by atoms with Crippen molar-refractivity contribution in [2.75, 3.05) is 13.2 Å². The molecule has 1 atom stereocenters. The van der Waals surface area contributed by atoms with Crippen LogP contribution in [0, 0.1) is 0 Å². The number of carbonyl (C=O) groups is 2. The number of hydrogen-bond acceptors (Lipinski definition) is 9. The highest BCUT2D eigenvalue weighted by Crippen LogP contribution is 2.36. The van der Waals surface area contributed by atoms with Crippen molar-refractivity contribution < 1.29 is 28.2 Å². The number of fused-ring (bicyclic) bond motifs is 1. The van der Waals surface area contributed by atoms with Gasteiger partial charge in [-0.2, -0.15) is 0 Å². The first-order valence-corrected chi connectivity index (χ1v) is 11.8. The molecule has 0 spiro atoms. The molecule has 0 saturated carbocycles. The molecule has 0 fully saturated rings. The maximum Gasteiger partial charge on any atom is 0.338 e. The zero-order chi connectivity index (χ0) is 25.1. The van der Waals surface area contributed by atoms with Crippen molar-refractivity contribution in [3.8, 4) is 11.5 Å². The topological polar surface area (TPSA) is 109 Å². The summed E-state index contributed by atoms with van der Waals surface area (Å²) in [6.07, 6.45) is 3.16. The second-order valence-corrected chi connectivity index (χ2v) is 8.56. The van der Waals surface area contributed by atoms with Crippen molar-refractivity contribution in [1.82, 2.24) is 4.57 Å². The Balaban J connectivity index is 1.95. The normalized spacial score (nSPS) is 15.4. The van der Waals surface area contributed by atoms with Gasteiger partial charge in [0.1, 0.15) is 5.76 Å². The molecule has 10 heteroatoms. The highest BCUT2D eigenvalue weighted by molar-refractivity contribution is 7.07. The lowest BCUT2D eigenvalue weighted by Gasteiger charge is -2.25. The van der Waals surface area contributed by atoms with Crippen molar-refractivity contribution in [3.63, 3.8) is 0 Å². The summed E-state index contributed by atoms with van der Waals surface area (Å²) >= 11 is 1.20. The van der Waals surface area contributed by atoms with Crippen LogP contribution in [0.15, 0.2) is 62.1 Å². The maximum atomic E-state index is 13.5. The molecule has 1 aliphatic heterocycles. The quantitative estimate of drug-likeness (QED) is 0.365. The van der Waals surface area contributed by atoms with Crippen LogP contribution in [0.5, 0.6) is 11.5 Å². The lowest BCUT2D eigenvalue weighted by atomic mass is 9.95. The van der Waals surface area contributed by atoms with E-state index in [2.05, 4.69) is 4.99 Å². The van der Waals surface area contributed by atoms with Gasteiger partial charge < -0.3 is 18.6 Å². The van der Waals surface area contributed by atoms with E-state index < -0.39 is 18.0 Å². The second kappa shape index (κ2) is 10.1. The van der Waals surface area contributed by atoms with Gasteiger partial charge >= 0.3 is 11.9 Å². The molecule has 3 heterocycles. The molecule has 0 N–H and O–H groups in total. The van der Waals surface area contributed by atoms with Crippen molar-refractivity contribution in [3.05, 3.63) is 78.9 Å². The Labute approximate surface area is 204 Å². The van der Waals surface area contributed by atoms with Crippen LogP contribution in [-0.4, -0.2) is 29.7 Å². The average molecular weight is 497 g/mol. The molecule has 0 radical (unpaired) electrons. The van der Waals surface area contributed by atoms with Gasteiger partial charge in [0, 0.05) is 13.0 Å². The number of hydrogen-bond donors (Lipinski definition) is 0. The van der Waals surface area contributed by atoms with Crippen LogP contribution in [0.25, 0.3) is 6.08 Å². The van der Waals surface area contributed by atoms with E-state index in [1.807, 2.05) is 0 Å². The predicted molar refractivity (Wildman–Crippen MR) is 128 cm³/mol. The van der Waals surface area contributed by atoms with E-state index in [4.69, 9.17) is 18.6 Å². The third-order valence-electron chi connectivity index (χ3n) is 5.17. The van der Waals surface area contributed by atoms with Gasteiger partial charge in [-0.15, -0.1) is 0 Å². The first-order chi connectivity index (χ1) is 16.8. The van der Waals surface area contributed by atoms with Gasteiger partial charge in [0.2, 0.25) is 0 Å². The molecule has 0 unspecified atom stereocenters. The molecular weight excluding hydrogens is 472 g/mol. The zero-order valence-corrected chi connectivity index (χ0v) is 20.5. The highest BCUT2D eigenvalue weighted by atomic mass is 32.1. The lowest BCUT2D eigenvalue weighted by molar-refractivity contribution is -0.139. The number of aromatic nitrogens is 1. The van der Waals surface area contributed by atoms with E-state index in [0.717, 1.165) is 0 Å². The van der Waals surface area contributed by atoms with Crippen LogP contribution in [0.1, 0.15) is 45.1 Å². The van der Waals surface area contributed by atoms with Crippen LogP contribution < -0.4 is 24.4 Å². The minimum atomic E-state index is -0.824. The number of carbonyl (C=O) groups excluding carboxylic acids is 2. The van der Waals surface area contributed by atoms with Gasteiger partial charge in [-0.05, 0) is 50.6 Å². The van der Waals surface area contributed by atoms with Crippen molar-refractivity contribution in [2.45, 2.75) is 33.7 Å². The van der Waals surface area contributed by atoms with Gasteiger partial charge in [0.25, 0.3) is 5.56 Å². The summed E-state index contributed by atoms with van der Waals surface area (Å²) in [6.45, 7) is 7.01. The first kappa shape index (κ1) is 24.2. The number of ether oxygens (including phenoxy) is 3. The van der Waals surface area contributed by atoms with Gasteiger partial charge in [-0.25, -0.2) is 9.79 Å². The van der Waals surface area contributed by atoms with E-state index in [1.54, 1.807) is 57.2 Å². The fourth-order valence-corrected chi connectivity index (χ4v) is 4.84. The summed E-state index contributed by atoms with van der Waals surface area (Å²) in [6, 6.07) is 7.58. The number of benzene rings is 1. The Morgan fingerprint density at radius 3 is 2.66 bits per heavy atom. The Hall–Kier alpha value is -3.92. The molecular formula is C25H24N2O7S. The standard InChI is InChI=1S/C25H24N2O7S/c1-5-31-19-12-16(9-10-18(19)34-15(4)28)22-21(24(30)32-6-2)14(3)26-25-27(22)23(29)20(35-25)13-17-8-7-11-33-17/h7-13,22H,5-6H2,1-4H3/t22-/m0/s1. The fourth-order valence-electron chi connectivity index (χ4n) is 3.81. The fraction of sp³-hybridized carbons (Fsp3) is 0.280. The average Bonchev–Trinajstić information content (AvgIpc) is 3.42. The van der Waals surface area contributed by atoms with E-state index in [-0.39, 0.29) is 23.5 Å². The van der Waals surface area contributed by atoms with Crippen molar-refractivity contribution in [2.24, 2.45) is 4.99 Å². The highest BCUT2D eigenvalue weighted by Gasteiger charge is 2.34. The second-order valence-electron chi connectivity index (χ2n) is 7.55. The molecule has 0 amide bonds. The zero-order valence-electron chi connectivity index (χ0n) is 19.7. The number of rotatable bonds is 7. The third kappa shape index (κ3) is 4.83. The van der Waals surface area contributed by atoms with E-state index >= 15 is 0 Å². The largest absolute Gasteiger partial charge is 0.490 e. The van der Waals surface area contributed by atoms with Gasteiger partial charge in [0.05, 0.1) is 41.3 Å². The summed E-state index contributed by atoms with van der Waals surface area (Å²) in [7, 11) is 0. The van der Waals surface area contributed by atoms with Gasteiger partial charge in [0.15, 0.2) is 16.3 Å². The van der Waals surface area contributed by atoms with Crippen LogP contribution in [0.4, 0.5) is 0 Å². The predicted octanol–water partition coefficient (Wildman–Crippen LogP) is 2.72. The van der Waals surface area contributed by atoms with Crippen LogP contribution in [0.3, 0.4) is 0 Å². The summed E-state index contributed by atoms with van der Waals surface area (Å²) in [5.41, 5.74) is 0.937. The van der Waals surface area contributed by atoms with Crippen LogP contribution in [-0.2, 0) is 14.3 Å². The molecule has 1 aliphatic rings. The summed E-state index contributed by atoms with van der Waals surface area (Å²) in [5, 5.41) is 0. The summed E-state index contributed by atoms with van der Waals surface area (Å²) < 4.78 is 23.5. The van der Waals surface area contributed by atoms with Crippen LogP contribution >= 0.6 is 11.3 Å². The van der Waals surface area contributed by atoms with Crippen molar-refractivity contribution in [1.29, 1.82) is 0 Å². The molecule has 4 rings (SSSR count). The molecule has 1 aromatic carbocycles. The molecule has 0 saturated heterocycles. The van der Waals surface area contributed by atoms with Gasteiger partial charge in [-0.1, -0.05) is 17.4 Å². The Morgan fingerprint density at radius 2 is 2.00 bits per heavy atom. The van der Waals surface area contributed by atoms with Gasteiger partial charge in [-0.3, -0.25) is 14.2 Å².